The predicted octanol–water partition coefficient (Wildman–Crippen LogP) is 4.00. The van der Waals surface area contributed by atoms with Gasteiger partial charge in [-0.25, -0.2) is 9.97 Å². The summed E-state index contributed by atoms with van der Waals surface area (Å²) in [7, 11) is 0. The summed E-state index contributed by atoms with van der Waals surface area (Å²) in [5.41, 5.74) is 4.23. The van der Waals surface area contributed by atoms with Crippen LogP contribution in [0.25, 0.3) is 0 Å². The SMILES string of the molecule is Cc1ccc(CNc2ncnc(N3CCc4ccccc43)c2[N+](=O)[O-])cc1. The van der Waals surface area contributed by atoms with Crippen LogP contribution in [-0.4, -0.2) is 21.4 Å². The van der Waals surface area contributed by atoms with Crippen molar-refractivity contribution in [3.8, 4) is 0 Å². The molecule has 2 aromatic carbocycles. The molecule has 2 heterocycles. The highest BCUT2D eigenvalue weighted by Gasteiger charge is 2.31. The molecule has 0 aliphatic carbocycles. The van der Waals surface area contributed by atoms with E-state index < -0.39 is 4.92 Å². The van der Waals surface area contributed by atoms with Gasteiger partial charge in [-0.3, -0.25) is 10.1 Å². The first-order valence-electron chi connectivity index (χ1n) is 8.78. The molecule has 7 nitrogen and oxygen atoms in total. The highest BCUT2D eigenvalue weighted by atomic mass is 16.6. The molecule has 0 amide bonds. The molecule has 1 aliphatic rings. The minimum atomic E-state index is -0.409. The molecule has 3 aromatic rings. The highest BCUT2D eigenvalue weighted by molar-refractivity contribution is 5.78. The zero-order valence-electron chi connectivity index (χ0n) is 14.9. The van der Waals surface area contributed by atoms with Gasteiger partial charge in [0.2, 0.25) is 11.6 Å². The van der Waals surface area contributed by atoms with Gasteiger partial charge in [-0.2, -0.15) is 0 Å². The van der Waals surface area contributed by atoms with E-state index >= 15 is 0 Å². The number of rotatable bonds is 5. The number of nitrogens with one attached hydrogen (secondary N) is 1. The number of nitro groups is 1. The first-order valence-corrected chi connectivity index (χ1v) is 8.78. The van der Waals surface area contributed by atoms with Crippen LogP contribution < -0.4 is 10.2 Å². The molecule has 0 fully saturated rings. The van der Waals surface area contributed by atoms with Gasteiger partial charge in [0.05, 0.1) is 4.92 Å². The summed E-state index contributed by atoms with van der Waals surface area (Å²) in [6.07, 6.45) is 2.21. The van der Waals surface area contributed by atoms with Gasteiger partial charge in [-0.15, -0.1) is 0 Å². The van der Waals surface area contributed by atoms with Crippen molar-refractivity contribution in [1.82, 2.24) is 9.97 Å². The Morgan fingerprint density at radius 1 is 1.15 bits per heavy atom. The van der Waals surface area contributed by atoms with Crippen molar-refractivity contribution in [2.75, 3.05) is 16.8 Å². The molecule has 0 atom stereocenters. The number of hydrogen-bond donors (Lipinski definition) is 1. The smallest absolute Gasteiger partial charge is 0.353 e. The summed E-state index contributed by atoms with van der Waals surface area (Å²) in [5.74, 6) is 0.557. The minimum absolute atomic E-state index is 0.0960. The lowest BCUT2D eigenvalue weighted by Crippen LogP contribution is -2.18. The first-order chi connectivity index (χ1) is 13.1. The van der Waals surface area contributed by atoms with E-state index in [1.165, 1.54) is 17.5 Å². The molecular weight excluding hydrogens is 342 g/mol. The molecule has 1 N–H and O–H groups in total. The van der Waals surface area contributed by atoms with Crippen molar-refractivity contribution < 1.29 is 4.92 Å². The molecule has 1 aliphatic heterocycles. The third-order valence-corrected chi connectivity index (χ3v) is 4.71. The molecule has 0 saturated carbocycles. The van der Waals surface area contributed by atoms with E-state index in [0.29, 0.717) is 18.9 Å². The van der Waals surface area contributed by atoms with Crippen LogP contribution in [0.3, 0.4) is 0 Å². The normalized spacial score (nSPS) is 12.7. The Morgan fingerprint density at radius 3 is 2.70 bits per heavy atom. The zero-order chi connectivity index (χ0) is 18.8. The van der Waals surface area contributed by atoms with Crippen molar-refractivity contribution in [1.29, 1.82) is 0 Å². The Balaban J connectivity index is 1.67. The number of nitrogens with zero attached hydrogens (tertiary/aromatic N) is 4. The third kappa shape index (κ3) is 3.31. The summed E-state index contributed by atoms with van der Waals surface area (Å²) < 4.78 is 0. The predicted molar refractivity (Wildman–Crippen MR) is 104 cm³/mol. The van der Waals surface area contributed by atoms with E-state index in [4.69, 9.17) is 0 Å². The number of para-hydroxylation sites is 1. The molecule has 0 saturated heterocycles. The molecule has 136 valence electrons. The molecule has 1 aromatic heterocycles. The molecule has 0 bridgehead atoms. The Hall–Kier alpha value is -3.48. The number of hydrogen-bond acceptors (Lipinski definition) is 6. The topological polar surface area (TPSA) is 84.2 Å². The van der Waals surface area contributed by atoms with E-state index in [9.17, 15) is 10.1 Å². The summed E-state index contributed by atoms with van der Waals surface area (Å²) in [6, 6.07) is 15.9. The Morgan fingerprint density at radius 2 is 1.93 bits per heavy atom. The molecule has 0 unspecified atom stereocenters. The molecule has 27 heavy (non-hydrogen) atoms. The van der Waals surface area contributed by atoms with Gasteiger partial charge in [0.25, 0.3) is 0 Å². The molecule has 4 rings (SSSR count). The average molecular weight is 361 g/mol. The van der Waals surface area contributed by atoms with Crippen molar-refractivity contribution >= 4 is 23.0 Å². The number of aromatic nitrogens is 2. The van der Waals surface area contributed by atoms with Gasteiger partial charge in [0.1, 0.15) is 6.33 Å². The fraction of sp³-hybridized carbons (Fsp3) is 0.200. The van der Waals surface area contributed by atoms with Crippen LogP contribution >= 0.6 is 0 Å². The highest BCUT2D eigenvalue weighted by Crippen LogP contribution is 2.40. The summed E-state index contributed by atoms with van der Waals surface area (Å²) in [4.78, 5) is 21.7. The van der Waals surface area contributed by atoms with Crippen LogP contribution in [0.5, 0.6) is 0 Å². The lowest BCUT2D eigenvalue weighted by atomic mass is 10.1. The van der Waals surface area contributed by atoms with E-state index in [1.54, 1.807) is 0 Å². The van der Waals surface area contributed by atoms with Crippen LogP contribution in [0.15, 0.2) is 54.9 Å². The van der Waals surface area contributed by atoms with Gasteiger partial charge in [-0.1, -0.05) is 48.0 Å². The van der Waals surface area contributed by atoms with Gasteiger partial charge in [0, 0.05) is 18.8 Å². The lowest BCUT2D eigenvalue weighted by Gasteiger charge is -2.19. The van der Waals surface area contributed by atoms with Crippen molar-refractivity contribution in [3.05, 3.63) is 81.7 Å². The third-order valence-electron chi connectivity index (χ3n) is 4.71. The lowest BCUT2D eigenvalue weighted by molar-refractivity contribution is -0.383. The van der Waals surface area contributed by atoms with Crippen molar-refractivity contribution in [3.63, 3.8) is 0 Å². The maximum absolute atomic E-state index is 11.8. The number of aryl methyl sites for hydroxylation is 1. The Bertz CT molecular complexity index is 988. The van der Waals surface area contributed by atoms with E-state index in [-0.39, 0.29) is 11.5 Å². The maximum Gasteiger partial charge on any atom is 0.353 e. The molecule has 7 heteroatoms. The first kappa shape index (κ1) is 17.0. The standard InChI is InChI=1S/C20H19N5O2/c1-14-6-8-15(9-7-14)12-21-19-18(25(26)27)20(23-13-22-19)24-11-10-16-4-2-3-5-17(16)24/h2-9,13H,10-12H2,1H3,(H,21,22,23). The van der Waals surface area contributed by atoms with Gasteiger partial charge in [-0.05, 0) is 30.5 Å². The number of benzene rings is 2. The van der Waals surface area contributed by atoms with Crippen molar-refractivity contribution in [2.45, 2.75) is 19.9 Å². The number of anilines is 3. The van der Waals surface area contributed by atoms with Crippen LogP contribution in [0.2, 0.25) is 0 Å². The second-order valence-corrected chi connectivity index (χ2v) is 6.52. The van der Waals surface area contributed by atoms with E-state index in [2.05, 4.69) is 15.3 Å². The summed E-state index contributed by atoms with van der Waals surface area (Å²) in [6.45, 7) is 3.13. The summed E-state index contributed by atoms with van der Waals surface area (Å²) >= 11 is 0. The van der Waals surface area contributed by atoms with Crippen molar-refractivity contribution in [2.24, 2.45) is 0 Å². The fourth-order valence-electron chi connectivity index (χ4n) is 3.31. The van der Waals surface area contributed by atoms with Gasteiger partial charge >= 0.3 is 5.69 Å². The monoisotopic (exact) mass is 361 g/mol. The molecule has 0 radical (unpaired) electrons. The average Bonchev–Trinajstić information content (AvgIpc) is 3.11. The quantitative estimate of drug-likeness (QED) is 0.546. The van der Waals surface area contributed by atoms with Crippen LogP contribution in [-0.2, 0) is 13.0 Å². The van der Waals surface area contributed by atoms with E-state index in [0.717, 1.165) is 17.7 Å². The molecular formula is C20H19N5O2. The second kappa shape index (κ2) is 7.03. The molecule has 0 spiro atoms. The maximum atomic E-state index is 11.8. The Kier molecular flexibility index (Phi) is 4.42. The van der Waals surface area contributed by atoms with E-state index in [1.807, 2.05) is 60.4 Å². The van der Waals surface area contributed by atoms with Crippen LogP contribution in [0.1, 0.15) is 16.7 Å². The van der Waals surface area contributed by atoms with Crippen LogP contribution in [0.4, 0.5) is 23.0 Å². The van der Waals surface area contributed by atoms with Gasteiger partial charge < -0.3 is 10.2 Å². The second-order valence-electron chi connectivity index (χ2n) is 6.52. The largest absolute Gasteiger partial charge is 0.360 e. The summed E-state index contributed by atoms with van der Waals surface area (Å²) in [5, 5.41) is 14.9. The Labute approximate surface area is 156 Å². The number of fused-ring (bicyclic) bond motifs is 1. The van der Waals surface area contributed by atoms with Gasteiger partial charge in [0.15, 0.2) is 0 Å². The van der Waals surface area contributed by atoms with Crippen LogP contribution in [0, 0.1) is 17.0 Å². The minimum Gasteiger partial charge on any atom is -0.360 e. The zero-order valence-corrected chi connectivity index (χ0v) is 14.9. The fourth-order valence-corrected chi connectivity index (χ4v) is 3.31.